The van der Waals surface area contributed by atoms with E-state index in [9.17, 15) is 13.5 Å². The van der Waals surface area contributed by atoms with Crippen molar-refractivity contribution >= 4 is 10.0 Å². The van der Waals surface area contributed by atoms with Crippen LogP contribution >= 0.6 is 0 Å². The highest BCUT2D eigenvalue weighted by atomic mass is 32.2. The summed E-state index contributed by atoms with van der Waals surface area (Å²) in [6.45, 7) is 2.27. The monoisotopic (exact) mass is 302 g/mol. The van der Waals surface area contributed by atoms with Crippen molar-refractivity contribution in [3.8, 4) is 0 Å². The van der Waals surface area contributed by atoms with E-state index < -0.39 is 10.0 Å². The van der Waals surface area contributed by atoms with Gasteiger partial charge in [0.05, 0.1) is 12.3 Å². The van der Waals surface area contributed by atoms with Crippen LogP contribution in [0.5, 0.6) is 0 Å². The number of nitrogens with one attached hydrogen (secondary N) is 1. The van der Waals surface area contributed by atoms with E-state index in [0.717, 1.165) is 12.8 Å². The van der Waals surface area contributed by atoms with Crippen LogP contribution in [0, 0.1) is 6.92 Å². The van der Waals surface area contributed by atoms with E-state index in [-0.39, 0.29) is 23.2 Å². The van der Waals surface area contributed by atoms with Gasteiger partial charge in [-0.05, 0) is 33.9 Å². The maximum atomic E-state index is 12.8. The number of sulfonamides is 1. The molecule has 114 valence electrons. The maximum absolute atomic E-state index is 12.8. The van der Waals surface area contributed by atoms with Gasteiger partial charge in [-0.3, -0.25) is 5.10 Å². The first-order chi connectivity index (χ1) is 9.37. The van der Waals surface area contributed by atoms with Crippen molar-refractivity contribution < 1.29 is 13.5 Å². The Balaban J connectivity index is 2.32. The Kier molecular flexibility index (Phi) is 4.48. The molecule has 1 saturated heterocycles. The normalized spacial score (nSPS) is 21.6. The summed E-state index contributed by atoms with van der Waals surface area (Å²) in [4.78, 5) is 2.18. The highest BCUT2D eigenvalue weighted by molar-refractivity contribution is 7.89. The van der Waals surface area contributed by atoms with Crippen molar-refractivity contribution in [1.82, 2.24) is 19.4 Å². The third kappa shape index (κ3) is 2.73. The number of aliphatic hydroxyl groups excluding tert-OH is 1. The largest absolute Gasteiger partial charge is 0.390 e. The van der Waals surface area contributed by atoms with Crippen LogP contribution < -0.4 is 0 Å². The first kappa shape index (κ1) is 15.4. The molecule has 0 amide bonds. The SMILES string of the molecule is Cc1[nH]nc(CO)c1S(=O)(=O)N1CCCC(N(C)C)C1. The Morgan fingerprint density at radius 2 is 2.20 bits per heavy atom. The summed E-state index contributed by atoms with van der Waals surface area (Å²) in [6, 6.07) is 0.225. The lowest BCUT2D eigenvalue weighted by Gasteiger charge is -2.35. The fourth-order valence-corrected chi connectivity index (χ4v) is 4.45. The predicted octanol–water partition coefficient (Wildman–Crippen LogP) is -0.0749. The first-order valence-corrected chi connectivity index (χ1v) is 8.13. The molecule has 1 aromatic heterocycles. The molecule has 0 bridgehead atoms. The zero-order chi connectivity index (χ0) is 14.9. The van der Waals surface area contributed by atoms with Crippen LogP contribution in [0.4, 0.5) is 0 Å². The quantitative estimate of drug-likeness (QED) is 0.812. The Labute approximate surface area is 119 Å². The van der Waals surface area contributed by atoms with Gasteiger partial charge in [-0.25, -0.2) is 8.42 Å². The van der Waals surface area contributed by atoms with Gasteiger partial charge in [0.25, 0.3) is 0 Å². The van der Waals surface area contributed by atoms with Crippen molar-refractivity contribution in [3.63, 3.8) is 0 Å². The summed E-state index contributed by atoms with van der Waals surface area (Å²) >= 11 is 0. The van der Waals surface area contributed by atoms with Crippen molar-refractivity contribution in [2.45, 2.75) is 37.3 Å². The topological polar surface area (TPSA) is 89.5 Å². The molecule has 1 fully saturated rings. The zero-order valence-corrected chi connectivity index (χ0v) is 12.9. The van der Waals surface area contributed by atoms with Crippen LogP contribution in [-0.4, -0.2) is 66.2 Å². The van der Waals surface area contributed by atoms with Crippen LogP contribution in [0.2, 0.25) is 0 Å². The molecular weight excluding hydrogens is 280 g/mol. The second-order valence-corrected chi connectivity index (χ2v) is 7.28. The van der Waals surface area contributed by atoms with Gasteiger partial charge in [0.1, 0.15) is 10.6 Å². The van der Waals surface area contributed by atoms with Gasteiger partial charge in [-0.1, -0.05) is 0 Å². The fourth-order valence-electron chi connectivity index (χ4n) is 2.61. The average molecular weight is 302 g/mol. The molecule has 1 atom stereocenters. The molecule has 1 aliphatic heterocycles. The molecule has 7 nitrogen and oxygen atoms in total. The van der Waals surface area contributed by atoms with Gasteiger partial charge >= 0.3 is 0 Å². The molecule has 1 aromatic rings. The lowest BCUT2D eigenvalue weighted by Crippen LogP contribution is -2.47. The van der Waals surface area contributed by atoms with Gasteiger partial charge in [-0.2, -0.15) is 9.40 Å². The second-order valence-electron chi connectivity index (χ2n) is 5.41. The number of aliphatic hydroxyl groups is 1. The molecule has 20 heavy (non-hydrogen) atoms. The van der Waals surface area contributed by atoms with E-state index in [1.165, 1.54) is 4.31 Å². The van der Waals surface area contributed by atoms with Crippen LogP contribution in [0.25, 0.3) is 0 Å². The molecule has 0 spiro atoms. The molecule has 8 heteroatoms. The summed E-state index contributed by atoms with van der Waals surface area (Å²) in [6.07, 6.45) is 1.84. The number of hydrogen-bond donors (Lipinski definition) is 2. The van der Waals surface area contributed by atoms with Gasteiger partial charge in [0, 0.05) is 19.1 Å². The Morgan fingerprint density at radius 1 is 1.50 bits per heavy atom. The van der Waals surface area contributed by atoms with Crippen LogP contribution in [0.15, 0.2) is 4.90 Å². The number of likely N-dealkylation sites (N-methyl/N-ethyl adjacent to an activating group) is 1. The minimum absolute atomic E-state index is 0.124. The molecule has 2 N–H and O–H groups in total. The molecule has 2 heterocycles. The molecule has 0 aromatic carbocycles. The molecule has 1 aliphatic rings. The van der Waals surface area contributed by atoms with E-state index in [1.807, 2.05) is 14.1 Å². The summed E-state index contributed by atoms with van der Waals surface area (Å²) in [5.74, 6) is 0. The number of rotatable bonds is 4. The minimum Gasteiger partial charge on any atom is -0.390 e. The molecule has 0 saturated carbocycles. The predicted molar refractivity (Wildman–Crippen MR) is 74.7 cm³/mol. The van der Waals surface area contributed by atoms with Gasteiger partial charge < -0.3 is 10.0 Å². The zero-order valence-electron chi connectivity index (χ0n) is 12.1. The van der Waals surface area contributed by atoms with Crippen molar-refractivity contribution in [2.24, 2.45) is 0 Å². The summed E-state index contributed by atoms with van der Waals surface area (Å²) in [5.41, 5.74) is 0.663. The van der Waals surface area contributed by atoms with Gasteiger partial charge in [0.2, 0.25) is 10.0 Å². The number of piperidine rings is 1. The standard InChI is InChI=1S/C12H22N4O3S/c1-9-12(11(8-17)14-13-9)20(18,19)16-6-4-5-10(7-16)15(2)3/h10,17H,4-8H2,1-3H3,(H,13,14). The summed E-state index contributed by atoms with van der Waals surface area (Å²) in [7, 11) is 0.317. The number of aromatic nitrogens is 2. The van der Waals surface area contributed by atoms with Gasteiger partial charge in [-0.15, -0.1) is 0 Å². The van der Waals surface area contributed by atoms with E-state index in [4.69, 9.17) is 0 Å². The summed E-state index contributed by atoms with van der Waals surface area (Å²) in [5, 5.41) is 15.8. The summed E-state index contributed by atoms with van der Waals surface area (Å²) < 4.78 is 27.0. The molecule has 1 unspecified atom stereocenters. The van der Waals surface area contributed by atoms with Crippen LogP contribution in [-0.2, 0) is 16.6 Å². The minimum atomic E-state index is -3.61. The second kappa shape index (κ2) is 5.80. The highest BCUT2D eigenvalue weighted by Crippen LogP contribution is 2.26. The average Bonchev–Trinajstić information content (AvgIpc) is 2.80. The number of hydrogen-bond acceptors (Lipinski definition) is 5. The van der Waals surface area contributed by atoms with Crippen molar-refractivity contribution in [1.29, 1.82) is 0 Å². The molecular formula is C12H22N4O3S. The number of aryl methyl sites for hydroxylation is 1. The number of aromatic amines is 1. The molecule has 2 rings (SSSR count). The Bertz CT molecular complexity index is 567. The van der Waals surface area contributed by atoms with Crippen LogP contribution in [0.1, 0.15) is 24.2 Å². The Morgan fingerprint density at radius 3 is 2.80 bits per heavy atom. The smallest absolute Gasteiger partial charge is 0.246 e. The van der Waals surface area contributed by atoms with E-state index in [0.29, 0.717) is 18.8 Å². The first-order valence-electron chi connectivity index (χ1n) is 6.69. The number of nitrogens with zero attached hydrogens (tertiary/aromatic N) is 3. The number of H-pyrrole nitrogens is 1. The highest BCUT2D eigenvalue weighted by Gasteiger charge is 2.34. The van der Waals surface area contributed by atoms with E-state index in [2.05, 4.69) is 15.1 Å². The fraction of sp³-hybridized carbons (Fsp3) is 0.750. The van der Waals surface area contributed by atoms with E-state index in [1.54, 1.807) is 6.92 Å². The molecule has 0 radical (unpaired) electrons. The lowest BCUT2D eigenvalue weighted by molar-refractivity contribution is 0.190. The van der Waals surface area contributed by atoms with Gasteiger partial charge in [0.15, 0.2) is 0 Å². The Hall–Kier alpha value is -0.960. The van der Waals surface area contributed by atoms with Crippen molar-refractivity contribution in [3.05, 3.63) is 11.4 Å². The van der Waals surface area contributed by atoms with E-state index >= 15 is 0 Å². The molecule has 0 aliphatic carbocycles. The third-order valence-corrected chi connectivity index (χ3v) is 5.87. The lowest BCUT2D eigenvalue weighted by atomic mass is 10.1. The third-order valence-electron chi connectivity index (χ3n) is 3.80. The van der Waals surface area contributed by atoms with Crippen molar-refractivity contribution in [2.75, 3.05) is 27.2 Å². The maximum Gasteiger partial charge on any atom is 0.246 e. The van der Waals surface area contributed by atoms with Crippen LogP contribution in [0.3, 0.4) is 0 Å².